The van der Waals surface area contributed by atoms with Gasteiger partial charge in [0.1, 0.15) is 6.54 Å². The summed E-state index contributed by atoms with van der Waals surface area (Å²) in [4.78, 5) is 18.6. The van der Waals surface area contributed by atoms with E-state index in [0.29, 0.717) is 37.8 Å². The van der Waals surface area contributed by atoms with Crippen molar-refractivity contribution < 1.29 is 14.1 Å². The molecule has 25 heavy (non-hydrogen) atoms. The van der Waals surface area contributed by atoms with Crippen LogP contribution in [0.4, 0.5) is 0 Å². The average molecular weight is 342 g/mol. The largest absolute Gasteiger partial charge is 0.375 e. The Morgan fingerprint density at radius 3 is 2.96 bits per heavy atom. The number of rotatable bonds is 7. The summed E-state index contributed by atoms with van der Waals surface area (Å²) in [6.45, 7) is 6.53. The zero-order valence-corrected chi connectivity index (χ0v) is 14.1. The second kappa shape index (κ2) is 8.55. The molecule has 1 N–H and O–H groups in total. The van der Waals surface area contributed by atoms with Crippen molar-refractivity contribution in [3.8, 4) is 11.4 Å². The van der Waals surface area contributed by atoms with E-state index in [-0.39, 0.29) is 18.6 Å². The molecule has 2 heterocycles. The Kier molecular flexibility index (Phi) is 5.92. The van der Waals surface area contributed by atoms with Crippen LogP contribution < -0.4 is 5.32 Å². The lowest BCUT2D eigenvalue weighted by atomic mass is 10.2. The van der Waals surface area contributed by atoms with E-state index >= 15 is 0 Å². The molecule has 0 saturated carbocycles. The van der Waals surface area contributed by atoms with Crippen molar-refractivity contribution in [1.82, 2.24) is 20.4 Å². The Hall–Kier alpha value is -2.51. The Balaban J connectivity index is 1.64. The number of aromatic nitrogens is 2. The van der Waals surface area contributed by atoms with E-state index in [2.05, 4.69) is 22.0 Å². The molecule has 1 aliphatic heterocycles. The maximum absolute atomic E-state index is 12.6. The number of nitrogens with zero attached hydrogens (tertiary/aromatic N) is 3. The van der Waals surface area contributed by atoms with Crippen LogP contribution in [0.1, 0.15) is 12.3 Å². The van der Waals surface area contributed by atoms with Gasteiger partial charge in [0.25, 0.3) is 0 Å². The monoisotopic (exact) mass is 342 g/mol. The topological polar surface area (TPSA) is 80.5 Å². The summed E-state index contributed by atoms with van der Waals surface area (Å²) in [5, 5.41) is 7.22. The molecule has 0 radical (unpaired) electrons. The van der Waals surface area contributed by atoms with Gasteiger partial charge in [-0.2, -0.15) is 4.98 Å². The molecule has 132 valence electrons. The van der Waals surface area contributed by atoms with Crippen LogP contribution in [0.2, 0.25) is 0 Å². The van der Waals surface area contributed by atoms with Crippen LogP contribution in [0.5, 0.6) is 0 Å². The summed E-state index contributed by atoms with van der Waals surface area (Å²) in [5.74, 6) is 0.895. The summed E-state index contributed by atoms with van der Waals surface area (Å²) in [7, 11) is 0. The fourth-order valence-electron chi connectivity index (χ4n) is 2.67. The molecule has 2 aromatic rings. The maximum Gasteiger partial charge on any atom is 0.246 e. The van der Waals surface area contributed by atoms with Crippen molar-refractivity contribution in [2.45, 2.75) is 19.1 Å². The minimum atomic E-state index is -0.101. The second-order valence-electron chi connectivity index (χ2n) is 5.84. The molecular formula is C18H22N4O3. The van der Waals surface area contributed by atoms with Crippen LogP contribution in [-0.4, -0.2) is 53.3 Å². The van der Waals surface area contributed by atoms with E-state index in [1.807, 2.05) is 30.3 Å². The molecule has 1 amide bonds. The van der Waals surface area contributed by atoms with Gasteiger partial charge in [-0.05, 0) is 0 Å². The smallest absolute Gasteiger partial charge is 0.246 e. The predicted molar refractivity (Wildman–Crippen MR) is 92.6 cm³/mol. The van der Waals surface area contributed by atoms with Crippen molar-refractivity contribution in [3.63, 3.8) is 0 Å². The molecule has 1 fully saturated rings. The molecule has 0 bridgehead atoms. The third kappa shape index (κ3) is 4.74. The van der Waals surface area contributed by atoms with Crippen molar-refractivity contribution in [3.05, 3.63) is 48.9 Å². The van der Waals surface area contributed by atoms with Crippen LogP contribution >= 0.6 is 0 Å². The van der Waals surface area contributed by atoms with Gasteiger partial charge in [-0.15, -0.1) is 6.58 Å². The van der Waals surface area contributed by atoms with Gasteiger partial charge in [-0.25, -0.2) is 0 Å². The highest BCUT2D eigenvalue weighted by Crippen LogP contribution is 2.16. The predicted octanol–water partition coefficient (Wildman–Crippen LogP) is 1.63. The quantitative estimate of drug-likeness (QED) is 0.771. The summed E-state index contributed by atoms with van der Waals surface area (Å²) in [5.41, 5.74) is 0.876. The van der Waals surface area contributed by atoms with Gasteiger partial charge >= 0.3 is 0 Å². The third-order valence-electron chi connectivity index (χ3n) is 3.94. The number of benzene rings is 1. The maximum atomic E-state index is 12.6. The number of nitrogens with one attached hydrogen (secondary N) is 1. The SMILES string of the molecule is C=CCN(Cc1nc(-c2ccccc2)no1)C(=O)C[C@H]1CNCCO1. The Morgan fingerprint density at radius 2 is 2.24 bits per heavy atom. The molecule has 0 unspecified atom stereocenters. The summed E-state index contributed by atoms with van der Waals surface area (Å²) < 4.78 is 10.9. The molecule has 0 aliphatic carbocycles. The second-order valence-corrected chi connectivity index (χ2v) is 5.84. The zero-order valence-electron chi connectivity index (χ0n) is 14.1. The minimum absolute atomic E-state index is 0.0203. The minimum Gasteiger partial charge on any atom is -0.375 e. The van der Waals surface area contributed by atoms with Crippen LogP contribution in [0.25, 0.3) is 11.4 Å². The third-order valence-corrected chi connectivity index (χ3v) is 3.94. The van der Waals surface area contributed by atoms with E-state index < -0.39 is 0 Å². The average Bonchev–Trinajstić information content (AvgIpc) is 3.11. The first-order valence-corrected chi connectivity index (χ1v) is 8.35. The van der Waals surface area contributed by atoms with Crippen LogP contribution in [0.3, 0.4) is 0 Å². The molecule has 1 aliphatic rings. The van der Waals surface area contributed by atoms with Gasteiger partial charge in [-0.1, -0.05) is 41.6 Å². The number of ether oxygens (including phenoxy) is 1. The number of carbonyl (C=O) groups excluding carboxylic acids is 1. The Labute approximate surface area is 146 Å². The van der Waals surface area contributed by atoms with E-state index in [9.17, 15) is 4.79 Å². The fourth-order valence-corrected chi connectivity index (χ4v) is 2.67. The van der Waals surface area contributed by atoms with E-state index in [0.717, 1.165) is 12.1 Å². The first-order valence-electron chi connectivity index (χ1n) is 8.35. The number of hydrogen-bond acceptors (Lipinski definition) is 6. The summed E-state index contributed by atoms with van der Waals surface area (Å²) in [6.07, 6.45) is 1.91. The zero-order chi connectivity index (χ0) is 17.5. The van der Waals surface area contributed by atoms with Gasteiger partial charge in [0.2, 0.25) is 17.6 Å². The number of amides is 1. The molecule has 1 aromatic heterocycles. The number of morpholine rings is 1. The molecule has 0 spiro atoms. The van der Waals surface area contributed by atoms with Crippen LogP contribution in [0, 0.1) is 0 Å². The highest BCUT2D eigenvalue weighted by atomic mass is 16.5. The van der Waals surface area contributed by atoms with Gasteiger partial charge in [0, 0.05) is 25.2 Å². The van der Waals surface area contributed by atoms with Gasteiger partial charge in [0.15, 0.2) is 0 Å². The highest BCUT2D eigenvalue weighted by molar-refractivity contribution is 5.76. The number of hydrogen-bond donors (Lipinski definition) is 1. The standard InChI is InChI=1S/C18H22N4O3/c1-2-9-22(17(23)11-15-12-19-8-10-24-15)13-16-20-18(21-25-16)14-6-4-3-5-7-14/h2-7,15,19H,1,8-13H2/t15-/m0/s1. The molecular weight excluding hydrogens is 320 g/mol. The molecule has 7 heteroatoms. The van der Waals surface area contributed by atoms with E-state index in [1.165, 1.54) is 0 Å². The Morgan fingerprint density at radius 1 is 1.40 bits per heavy atom. The molecule has 1 saturated heterocycles. The lowest BCUT2D eigenvalue weighted by Crippen LogP contribution is -2.42. The van der Waals surface area contributed by atoms with Gasteiger partial charge < -0.3 is 19.5 Å². The lowest BCUT2D eigenvalue weighted by molar-refractivity contribution is -0.135. The van der Waals surface area contributed by atoms with Crippen LogP contribution in [0.15, 0.2) is 47.5 Å². The summed E-state index contributed by atoms with van der Waals surface area (Å²) in [6, 6.07) is 9.58. The lowest BCUT2D eigenvalue weighted by Gasteiger charge is -2.26. The summed E-state index contributed by atoms with van der Waals surface area (Å²) >= 11 is 0. The van der Waals surface area contributed by atoms with Crippen molar-refractivity contribution in [2.75, 3.05) is 26.2 Å². The van der Waals surface area contributed by atoms with Gasteiger partial charge in [0.05, 0.1) is 19.1 Å². The van der Waals surface area contributed by atoms with Gasteiger partial charge in [-0.3, -0.25) is 4.79 Å². The fraction of sp³-hybridized carbons (Fsp3) is 0.389. The first-order chi connectivity index (χ1) is 12.3. The highest BCUT2D eigenvalue weighted by Gasteiger charge is 2.22. The molecule has 1 aromatic carbocycles. The van der Waals surface area contributed by atoms with Crippen molar-refractivity contribution in [2.24, 2.45) is 0 Å². The normalized spacial score (nSPS) is 17.2. The van der Waals surface area contributed by atoms with Crippen molar-refractivity contribution >= 4 is 5.91 Å². The Bertz CT molecular complexity index is 695. The molecule has 1 atom stereocenters. The first kappa shape index (κ1) is 17.3. The van der Waals surface area contributed by atoms with Crippen molar-refractivity contribution in [1.29, 1.82) is 0 Å². The number of carbonyl (C=O) groups is 1. The molecule has 3 rings (SSSR count). The van der Waals surface area contributed by atoms with E-state index in [1.54, 1.807) is 11.0 Å². The van der Waals surface area contributed by atoms with E-state index in [4.69, 9.17) is 9.26 Å². The molecule has 7 nitrogen and oxygen atoms in total. The van der Waals surface area contributed by atoms with Crippen LogP contribution in [-0.2, 0) is 16.1 Å².